The Hall–Kier alpha value is -2.91. The van der Waals surface area contributed by atoms with E-state index in [4.69, 9.17) is 5.11 Å². The van der Waals surface area contributed by atoms with E-state index in [1.165, 1.54) is 16.4 Å². The molecule has 0 saturated heterocycles. The lowest BCUT2D eigenvalue weighted by Crippen LogP contribution is -2.35. The minimum absolute atomic E-state index is 0.00770. The number of benzene rings is 2. The van der Waals surface area contributed by atoms with Crippen molar-refractivity contribution in [1.29, 1.82) is 0 Å². The Morgan fingerprint density at radius 1 is 1.29 bits per heavy atom. The SMILES string of the molecule is CC1c2cc(-c3c[nH]c4cc(F)ccc34)ccc2S(=O)(=O)N1CCNC(=O)O. The van der Waals surface area contributed by atoms with Gasteiger partial charge in [0.15, 0.2) is 0 Å². The summed E-state index contributed by atoms with van der Waals surface area (Å²) >= 11 is 0. The minimum atomic E-state index is -3.68. The van der Waals surface area contributed by atoms with Crippen LogP contribution in [0.3, 0.4) is 0 Å². The Balaban J connectivity index is 1.72. The summed E-state index contributed by atoms with van der Waals surface area (Å²) in [6.45, 7) is 1.83. The Morgan fingerprint density at radius 3 is 2.82 bits per heavy atom. The molecule has 1 aromatic heterocycles. The van der Waals surface area contributed by atoms with Crippen LogP contribution >= 0.6 is 0 Å². The summed E-state index contributed by atoms with van der Waals surface area (Å²) in [6, 6.07) is 9.20. The highest BCUT2D eigenvalue weighted by molar-refractivity contribution is 7.89. The monoisotopic (exact) mass is 403 g/mol. The fourth-order valence-electron chi connectivity index (χ4n) is 3.69. The third-order valence-electron chi connectivity index (χ3n) is 5.04. The van der Waals surface area contributed by atoms with Gasteiger partial charge in [0.1, 0.15) is 5.82 Å². The van der Waals surface area contributed by atoms with Crippen molar-refractivity contribution in [3.63, 3.8) is 0 Å². The van der Waals surface area contributed by atoms with Crippen LogP contribution in [0.15, 0.2) is 47.5 Å². The van der Waals surface area contributed by atoms with E-state index in [2.05, 4.69) is 10.3 Å². The molecule has 2 heterocycles. The van der Waals surface area contributed by atoms with Crippen molar-refractivity contribution in [2.24, 2.45) is 0 Å². The zero-order valence-electron chi connectivity index (χ0n) is 14.9. The van der Waals surface area contributed by atoms with Crippen LogP contribution in [0.25, 0.3) is 22.0 Å². The van der Waals surface area contributed by atoms with Crippen LogP contribution in [0, 0.1) is 5.82 Å². The molecular formula is C19H18FN3O4S. The molecule has 1 amide bonds. The van der Waals surface area contributed by atoms with Gasteiger partial charge < -0.3 is 15.4 Å². The predicted octanol–water partition coefficient (Wildman–Crippen LogP) is 3.31. The molecule has 9 heteroatoms. The van der Waals surface area contributed by atoms with Crippen LogP contribution in [-0.2, 0) is 10.0 Å². The van der Waals surface area contributed by atoms with Crippen molar-refractivity contribution in [1.82, 2.24) is 14.6 Å². The van der Waals surface area contributed by atoms with Gasteiger partial charge in [0.2, 0.25) is 10.0 Å². The molecule has 1 aliphatic rings. The lowest BCUT2D eigenvalue weighted by Gasteiger charge is -2.19. The van der Waals surface area contributed by atoms with E-state index in [9.17, 15) is 17.6 Å². The summed E-state index contributed by atoms with van der Waals surface area (Å²) in [5.41, 5.74) is 3.00. The molecule has 3 aromatic rings. The lowest BCUT2D eigenvalue weighted by molar-refractivity contribution is 0.193. The lowest BCUT2D eigenvalue weighted by atomic mass is 9.99. The van der Waals surface area contributed by atoms with Gasteiger partial charge in [-0.15, -0.1) is 0 Å². The highest BCUT2D eigenvalue weighted by atomic mass is 32.2. The van der Waals surface area contributed by atoms with E-state index in [0.29, 0.717) is 11.1 Å². The van der Waals surface area contributed by atoms with Gasteiger partial charge in [-0.05, 0) is 48.4 Å². The Labute approximate surface area is 160 Å². The van der Waals surface area contributed by atoms with Crippen LogP contribution in [-0.4, -0.2) is 42.0 Å². The molecule has 1 aliphatic heterocycles. The van der Waals surface area contributed by atoms with E-state index in [1.807, 2.05) is 6.07 Å². The van der Waals surface area contributed by atoms with Crippen LogP contribution < -0.4 is 5.32 Å². The molecule has 146 valence electrons. The first-order valence-corrected chi connectivity index (χ1v) is 10.1. The van der Waals surface area contributed by atoms with Gasteiger partial charge in [0, 0.05) is 41.8 Å². The Morgan fingerprint density at radius 2 is 2.07 bits per heavy atom. The quantitative estimate of drug-likeness (QED) is 0.622. The Kier molecular flexibility index (Phi) is 4.35. The average molecular weight is 403 g/mol. The largest absolute Gasteiger partial charge is 0.465 e. The van der Waals surface area contributed by atoms with Crippen molar-refractivity contribution >= 4 is 27.0 Å². The molecular weight excluding hydrogens is 385 g/mol. The Bertz CT molecular complexity index is 1190. The van der Waals surface area contributed by atoms with Crippen molar-refractivity contribution < 1.29 is 22.7 Å². The van der Waals surface area contributed by atoms with E-state index < -0.39 is 22.2 Å². The molecule has 0 spiro atoms. The maximum absolute atomic E-state index is 13.4. The zero-order valence-corrected chi connectivity index (χ0v) is 15.8. The number of H-pyrrole nitrogens is 1. The third-order valence-corrected chi connectivity index (χ3v) is 7.09. The average Bonchev–Trinajstić information content (AvgIpc) is 3.13. The molecule has 0 bridgehead atoms. The number of carboxylic acid groups (broad SMARTS) is 1. The highest BCUT2D eigenvalue weighted by Crippen LogP contribution is 2.41. The summed E-state index contributed by atoms with van der Waals surface area (Å²) in [4.78, 5) is 13.9. The molecule has 0 saturated carbocycles. The summed E-state index contributed by atoms with van der Waals surface area (Å²) in [5.74, 6) is -0.333. The number of amides is 1. The van der Waals surface area contributed by atoms with Gasteiger partial charge in [0.25, 0.3) is 0 Å². The smallest absolute Gasteiger partial charge is 0.404 e. The van der Waals surface area contributed by atoms with Crippen molar-refractivity contribution in [2.45, 2.75) is 17.9 Å². The van der Waals surface area contributed by atoms with Crippen molar-refractivity contribution in [2.75, 3.05) is 13.1 Å². The summed E-state index contributed by atoms with van der Waals surface area (Å²) < 4.78 is 40.4. The van der Waals surface area contributed by atoms with Gasteiger partial charge in [-0.2, -0.15) is 4.31 Å². The number of nitrogens with one attached hydrogen (secondary N) is 2. The zero-order chi connectivity index (χ0) is 20.1. The van der Waals surface area contributed by atoms with Gasteiger partial charge in [0.05, 0.1) is 4.90 Å². The van der Waals surface area contributed by atoms with E-state index in [-0.39, 0.29) is 23.8 Å². The maximum atomic E-state index is 13.4. The van der Waals surface area contributed by atoms with Crippen LogP contribution in [0.2, 0.25) is 0 Å². The first-order valence-electron chi connectivity index (χ1n) is 8.68. The number of halogens is 1. The van der Waals surface area contributed by atoms with Crippen molar-refractivity contribution in [3.05, 3.63) is 54.0 Å². The number of nitrogens with zero attached hydrogens (tertiary/aromatic N) is 1. The minimum Gasteiger partial charge on any atom is -0.465 e. The number of aromatic nitrogens is 1. The first-order chi connectivity index (χ1) is 13.3. The van der Waals surface area contributed by atoms with E-state index in [0.717, 1.165) is 16.5 Å². The fourth-order valence-corrected chi connectivity index (χ4v) is 5.57. The number of rotatable bonds is 4. The number of hydrogen-bond acceptors (Lipinski definition) is 3. The molecule has 4 rings (SSSR count). The fraction of sp³-hybridized carbons (Fsp3) is 0.211. The highest BCUT2D eigenvalue weighted by Gasteiger charge is 2.40. The molecule has 0 radical (unpaired) electrons. The molecule has 1 atom stereocenters. The summed E-state index contributed by atoms with van der Waals surface area (Å²) in [6.07, 6.45) is 0.578. The van der Waals surface area contributed by atoms with Gasteiger partial charge >= 0.3 is 6.09 Å². The molecule has 0 aliphatic carbocycles. The number of hydrogen-bond donors (Lipinski definition) is 3. The standard InChI is InChI=1S/C19H18FN3O4S/c1-11-15-8-12(16-10-22-17-9-13(20)3-4-14(16)17)2-5-18(15)28(26,27)23(11)7-6-21-19(24)25/h2-5,8-11,21-22H,6-7H2,1H3,(H,24,25). The third kappa shape index (κ3) is 2.92. The number of sulfonamides is 1. The van der Waals surface area contributed by atoms with Crippen LogP contribution in [0.1, 0.15) is 18.5 Å². The maximum Gasteiger partial charge on any atom is 0.404 e. The van der Waals surface area contributed by atoms with Gasteiger partial charge in [-0.3, -0.25) is 0 Å². The van der Waals surface area contributed by atoms with E-state index >= 15 is 0 Å². The number of fused-ring (bicyclic) bond motifs is 2. The van der Waals surface area contributed by atoms with Gasteiger partial charge in [-0.25, -0.2) is 17.6 Å². The summed E-state index contributed by atoms with van der Waals surface area (Å²) in [5, 5.41) is 11.7. The van der Waals surface area contributed by atoms with Crippen LogP contribution in [0.5, 0.6) is 0 Å². The topological polar surface area (TPSA) is 103 Å². The normalized spacial score (nSPS) is 18.3. The molecule has 1 unspecified atom stereocenters. The summed E-state index contributed by atoms with van der Waals surface area (Å²) in [7, 11) is -3.68. The molecule has 3 N–H and O–H groups in total. The second kappa shape index (κ2) is 6.61. The number of carbonyl (C=O) groups is 1. The van der Waals surface area contributed by atoms with Crippen molar-refractivity contribution in [3.8, 4) is 11.1 Å². The number of aromatic amines is 1. The molecule has 2 aromatic carbocycles. The second-order valence-corrected chi connectivity index (χ2v) is 8.53. The first kappa shape index (κ1) is 18.5. The molecule has 7 nitrogen and oxygen atoms in total. The van der Waals surface area contributed by atoms with E-state index in [1.54, 1.807) is 31.3 Å². The second-order valence-electron chi connectivity index (χ2n) is 6.67. The molecule has 0 fully saturated rings. The van der Waals surface area contributed by atoms with Crippen LogP contribution in [0.4, 0.5) is 9.18 Å². The van der Waals surface area contributed by atoms with Gasteiger partial charge in [-0.1, -0.05) is 6.07 Å². The molecule has 28 heavy (non-hydrogen) atoms. The predicted molar refractivity (Wildman–Crippen MR) is 102 cm³/mol.